The van der Waals surface area contributed by atoms with E-state index in [9.17, 15) is 0 Å². The highest BCUT2D eigenvalue weighted by Gasteiger charge is 2.24. The first-order chi connectivity index (χ1) is 12.2. The van der Waals surface area contributed by atoms with Crippen LogP contribution in [0.3, 0.4) is 0 Å². The quantitative estimate of drug-likeness (QED) is 0.717. The summed E-state index contributed by atoms with van der Waals surface area (Å²) in [4.78, 5) is 0. The molecule has 0 unspecified atom stereocenters. The SMILES string of the molecule is COc1ccc(Cc2nn(-c3cccc(Cl)c3Cl)c3c2CCN3)cc1. The van der Waals surface area contributed by atoms with Crippen LogP contribution in [0.2, 0.25) is 10.0 Å². The summed E-state index contributed by atoms with van der Waals surface area (Å²) in [7, 11) is 1.67. The maximum atomic E-state index is 6.40. The lowest BCUT2D eigenvalue weighted by Crippen LogP contribution is -2.05. The molecule has 1 aliphatic rings. The van der Waals surface area contributed by atoms with Crippen LogP contribution >= 0.6 is 23.2 Å². The highest BCUT2D eigenvalue weighted by atomic mass is 35.5. The van der Waals surface area contributed by atoms with E-state index in [4.69, 9.17) is 33.0 Å². The van der Waals surface area contributed by atoms with E-state index in [1.54, 1.807) is 13.2 Å². The van der Waals surface area contributed by atoms with Gasteiger partial charge in [-0.25, -0.2) is 4.68 Å². The van der Waals surface area contributed by atoms with Crippen molar-refractivity contribution in [2.24, 2.45) is 0 Å². The summed E-state index contributed by atoms with van der Waals surface area (Å²) in [5.41, 5.74) is 4.28. The normalized spacial score (nSPS) is 12.8. The summed E-state index contributed by atoms with van der Waals surface area (Å²) >= 11 is 12.6. The Bertz CT molecular complexity index is 919. The summed E-state index contributed by atoms with van der Waals surface area (Å²) in [6.45, 7) is 0.904. The Kier molecular flexibility index (Phi) is 4.32. The van der Waals surface area contributed by atoms with Gasteiger partial charge in [-0.1, -0.05) is 41.4 Å². The second-order valence-electron chi connectivity index (χ2n) is 5.96. The Morgan fingerprint density at radius 3 is 2.72 bits per heavy atom. The number of nitrogens with one attached hydrogen (secondary N) is 1. The molecule has 25 heavy (non-hydrogen) atoms. The molecular weight excluding hydrogens is 357 g/mol. The number of benzene rings is 2. The molecule has 4 nitrogen and oxygen atoms in total. The topological polar surface area (TPSA) is 39.1 Å². The van der Waals surface area contributed by atoms with Gasteiger partial charge in [0, 0.05) is 18.5 Å². The number of aromatic nitrogens is 2. The lowest BCUT2D eigenvalue weighted by Gasteiger charge is -2.09. The molecule has 2 aromatic carbocycles. The van der Waals surface area contributed by atoms with Gasteiger partial charge >= 0.3 is 0 Å². The minimum atomic E-state index is 0.513. The molecule has 6 heteroatoms. The number of hydrogen-bond donors (Lipinski definition) is 1. The third kappa shape index (κ3) is 2.96. The molecule has 1 N–H and O–H groups in total. The van der Waals surface area contributed by atoms with Crippen LogP contribution in [-0.2, 0) is 12.8 Å². The molecule has 0 saturated carbocycles. The molecule has 0 saturated heterocycles. The summed E-state index contributed by atoms with van der Waals surface area (Å²) in [6.07, 6.45) is 1.72. The lowest BCUT2D eigenvalue weighted by molar-refractivity contribution is 0.414. The van der Waals surface area contributed by atoms with Gasteiger partial charge in [0.15, 0.2) is 0 Å². The van der Waals surface area contributed by atoms with Crippen LogP contribution in [0.4, 0.5) is 5.82 Å². The van der Waals surface area contributed by atoms with Crippen LogP contribution in [0.25, 0.3) is 5.69 Å². The average Bonchev–Trinajstić information content (AvgIpc) is 3.22. The van der Waals surface area contributed by atoms with Crippen molar-refractivity contribution in [3.63, 3.8) is 0 Å². The van der Waals surface area contributed by atoms with Crippen LogP contribution < -0.4 is 10.1 Å². The Morgan fingerprint density at radius 2 is 1.96 bits per heavy atom. The van der Waals surface area contributed by atoms with Gasteiger partial charge in [0.05, 0.1) is 28.5 Å². The Hall–Kier alpha value is -2.17. The van der Waals surface area contributed by atoms with Crippen molar-refractivity contribution in [3.05, 3.63) is 69.3 Å². The number of nitrogens with zero attached hydrogens (tertiary/aromatic N) is 2. The van der Waals surface area contributed by atoms with E-state index in [1.165, 1.54) is 11.1 Å². The van der Waals surface area contributed by atoms with Gasteiger partial charge < -0.3 is 10.1 Å². The molecule has 0 aliphatic carbocycles. The van der Waals surface area contributed by atoms with E-state index in [1.807, 2.05) is 28.9 Å². The first kappa shape index (κ1) is 16.3. The van der Waals surface area contributed by atoms with E-state index in [-0.39, 0.29) is 0 Å². The number of methoxy groups -OCH3 is 1. The third-order valence-corrected chi connectivity index (χ3v) is 5.23. The maximum absolute atomic E-state index is 6.40. The van der Waals surface area contributed by atoms with Crippen LogP contribution in [0.1, 0.15) is 16.8 Å². The number of ether oxygens (including phenoxy) is 1. The summed E-state index contributed by atoms with van der Waals surface area (Å²) in [6, 6.07) is 13.7. The van der Waals surface area contributed by atoms with Crippen molar-refractivity contribution < 1.29 is 4.74 Å². The van der Waals surface area contributed by atoms with E-state index in [0.717, 1.165) is 42.3 Å². The van der Waals surface area contributed by atoms with Crippen molar-refractivity contribution in [2.75, 3.05) is 19.0 Å². The van der Waals surface area contributed by atoms with Crippen LogP contribution in [0, 0.1) is 0 Å². The molecule has 3 aromatic rings. The van der Waals surface area contributed by atoms with Gasteiger partial charge in [-0.3, -0.25) is 0 Å². The number of halogens is 2. The second-order valence-corrected chi connectivity index (χ2v) is 6.75. The molecule has 4 rings (SSSR count). The number of anilines is 1. The molecule has 2 heterocycles. The van der Waals surface area contributed by atoms with Crippen LogP contribution in [-0.4, -0.2) is 23.4 Å². The number of fused-ring (bicyclic) bond motifs is 1. The molecule has 0 fully saturated rings. The minimum absolute atomic E-state index is 0.513. The smallest absolute Gasteiger partial charge is 0.133 e. The highest BCUT2D eigenvalue weighted by Crippen LogP contribution is 2.35. The zero-order valence-electron chi connectivity index (χ0n) is 13.7. The number of rotatable bonds is 4. The van der Waals surface area contributed by atoms with E-state index in [0.29, 0.717) is 10.0 Å². The zero-order valence-corrected chi connectivity index (χ0v) is 15.2. The Morgan fingerprint density at radius 1 is 1.16 bits per heavy atom. The number of hydrogen-bond acceptors (Lipinski definition) is 3. The van der Waals surface area contributed by atoms with Gasteiger partial charge in [0.2, 0.25) is 0 Å². The predicted molar refractivity (Wildman–Crippen MR) is 102 cm³/mol. The van der Waals surface area contributed by atoms with Gasteiger partial charge in [-0.15, -0.1) is 0 Å². The third-order valence-electron chi connectivity index (χ3n) is 4.42. The summed E-state index contributed by atoms with van der Waals surface area (Å²) in [5, 5.41) is 9.28. The van der Waals surface area contributed by atoms with Crippen molar-refractivity contribution >= 4 is 29.0 Å². The van der Waals surface area contributed by atoms with Gasteiger partial charge in [-0.05, 0) is 36.2 Å². The molecule has 0 bridgehead atoms. The van der Waals surface area contributed by atoms with Crippen LogP contribution in [0.15, 0.2) is 42.5 Å². The molecule has 128 valence electrons. The minimum Gasteiger partial charge on any atom is -0.497 e. The molecular formula is C19H17Cl2N3O. The molecule has 0 radical (unpaired) electrons. The standard InChI is InChI=1S/C19H17Cl2N3O/c1-25-13-7-5-12(6-8-13)11-16-14-9-10-22-19(14)24(23-16)17-4-2-3-15(20)18(17)21/h2-8,22H,9-11H2,1H3. The Balaban J connectivity index is 1.73. The molecule has 0 spiro atoms. The Labute approximate surface area is 156 Å². The van der Waals surface area contributed by atoms with E-state index < -0.39 is 0 Å². The monoisotopic (exact) mass is 373 g/mol. The highest BCUT2D eigenvalue weighted by molar-refractivity contribution is 6.43. The fourth-order valence-corrected chi connectivity index (χ4v) is 3.53. The molecule has 0 atom stereocenters. The largest absolute Gasteiger partial charge is 0.497 e. The van der Waals surface area contributed by atoms with Gasteiger partial charge in [-0.2, -0.15) is 5.10 Å². The first-order valence-corrected chi connectivity index (χ1v) is 8.85. The predicted octanol–water partition coefficient (Wildman–Crippen LogP) is 4.75. The lowest BCUT2D eigenvalue weighted by atomic mass is 10.1. The van der Waals surface area contributed by atoms with Crippen molar-refractivity contribution in [1.82, 2.24) is 9.78 Å². The first-order valence-electron chi connectivity index (χ1n) is 8.09. The fourth-order valence-electron chi connectivity index (χ4n) is 3.15. The zero-order chi connectivity index (χ0) is 17.4. The molecule has 0 amide bonds. The van der Waals surface area contributed by atoms with E-state index >= 15 is 0 Å². The van der Waals surface area contributed by atoms with Crippen molar-refractivity contribution in [3.8, 4) is 11.4 Å². The summed E-state index contributed by atoms with van der Waals surface area (Å²) in [5.74, 6) is 1.86. The molecule has 1 aliphatic heterocycles. The average molecular weight is 374 g/mol. The summed E-state index contributed by atoms with van der Waals surface area (Å²) < 4.78 is 7.09. The van der Waals surface area contributed by atoms with Crippen LogP contribution in [0.5, 0.6) is 5.75 Å². The van der Waals surface area contributed by atoms with Gasteiger partial charge in [0.25, 0.3) is 0 Å². The van der Waals surface area contributed by atoms with E-state index in [2.05, 4.69) is 17.4 Å². The molecule has 1 aromatic heterocycles. The van der Waals surface area contributed by atoms with Crippen molar-refractivity contribution in [2.45, 2.75) is 12.8 Å². The second kappa shape index (κ2) is 6.62. The maximum Gasteiger partial charge on any atom is 0.133 e. The van der Waals surface area contributed by atoms with Crippen molar-refractivity contribution in [1.29, 1.82) is 0 Å². The van der Waals surface area contributed by atoms with Gasteiger partial charge in [0.1, 0.15) is 11.6 Å². The fraction of sp³-hybridized carbons (Fsp3) is 0.211.